The SMILES string of the molecule is Cn1c(N2CCN(CCc3ccccc3)CC2)nc2sc3c(c2c1=O)CCC3. The Bertz CT molecular complexity index is 1050. The highest BCUT2D eigenvalue weighted by atomic mass is 32.1. The van der Waals surface area contributed by atoms with Gasteiger partial charge < -0.3 is 4.90 Å². The van der Waals surface area contributed by atoms with Crippen molar-refractivity contribution in [1.29, 1.82) is 0 Å². The molecule has 3 aromatic rings. The van der Waals surface area contributed by atoms with E-state index in [4.69, 9.17) is 4.98 Å². The number of hydrogen-bond acceptors (Lipinski definition) is 5. The lowest BCUT2D eigenvalue weighted by molar-refractivity contribution is 0.259. The minimum atomic E-state index is 0.130. The molecule has 2 aromatic heterocycles. The molecule has 0 atom stereocenters. The fraction of sp³-hybridized carbons (Fsp3) is 0.455. The summed E-state index contributed by atoms with van der Waals surface area (Å²) >= 11 is 1.73. The lowest BCUT2D eigenvalue weighted by atomic mass is 10.1. The summed E-state index contributed by atoms with van der Waals surface area (Å²) in [6.45, 7) is 4.96. The zero-order valence-corrected chi connectivity index (χ0v) is 17.2. The van der Waals surface area contributed by atoms with Gasteiger partial charge in [-0.1, -0.05) is 30.3 Å². The standard InChI is InChI=1S/C22H26N4OS/c1-24-21(27)19-17-8-5-9-18(17)28-20(19)23-22(24)26-14-12-25(13-15-26)11-10-16-6-3-2-4-7-16/h2-4,6-7H,5,8-15H2,1H3. The number of rotatable bonds is 4. The van der Waals surface area contributed by atoms with Gasteiger partial charge in [0.1, 0.15) is 4.83 Å². The molecule has 0 amide bonds. The van der Waals surface area contributed by atoms with E-state index >= 15 is 0 Å². The number of anilines is 1. The molecule has 28 heavy (non-hydrogen) atoms. The first kappa shape index (κ1) is 17.9. The van der Waals surface area contributed by atoms with E-state index in [1.165, 1.54) is 22.4 Å². The summed E-state index contributed by atoms with van der Waals surface area (Å²) in [6, 6.07) is 10.7. The maximum Gasteiger partial charge on any atom is 0.263 e. The van der Waals surface area contributed by atoms with Crippen molar-refractivity contribution >= 4 is 27.5 Å². The van der Waals surface area contributed by atoms with Gasteiger partial charge in [-0.2, -0.15) is 0 Å². The highest BCUT2D eigenvalue weighted by Crippen LogP contribution is 2.35. The van der Waals surface area contributed by atoms with Crippen molar-refractivity contribution in [2.75, 3.05) is 37.6 Å². The Kier molecular flexibility index (Phi) is 4.69. The van der Waals surface area contributed by atoms with Crippen LogP contribution in [0.25, 0.3) is 10.2 Å². The van der Waals surface area contributed by atoms with E-state index in [-0.39, 0.29) is 5.56 Å². The first-order valence-electron chi connectivity index (χ1n) is 10.2. The molecule has 1 saturated heterocycles. The van der Waals surface area contributed by atoms with Crippen LogP contribution in [0.1, 0.15) is 22.4 Å². The third-order valence-electron chi connectivity index (χ3n) is 6.14. The number of piperazine rings is 1. The first-order valence-corrected chi connectivity index (χ1v) is 11.0. The van der Waals surface area contributed by atoms with Gasteiger partial charge in [0, 0.05) is 44.6 Å². The number of hydrogen-bond donors (Lipinski definition) is 0. The molecule has 6 heteroatoms. The Morgan fingerprint density at radius 1 is 1.07 bits per heavy atom. The fourth-order valence-corrected chi connectivity index (χ4v) is 5.75. The van der Waals surface area contributed by atoms with Crippen LogP contribution in [0, 0.1) is 0 Å². The predicted octanol–water partition coefficient (Wildman–Crippen LogP) is 2.85. The van der Waals surface area contributed by atoms with Crippen molar-refractivity contribution in [3.05, 3.63) is 56.7 Å². The molecule has 3 heterocycles. The van der Waals surface area contributed by atoms with Crippen LogP contribution in [0.4, 0.5) is 5.95 Å². The highest BCUT2D eigenvalue weighted by Gasteiger charge is 2.25. The molecule has 5 rings (SSSR count). The highest BCUT2D eigenvalue weighted by molar-refractivity contribution is 7.18. The average molecular weight is 395 g/mol. The number of thiophene rings is 1. The van der Waals surface area contributed by atoms with E-state index in [0.717, 1.165) is 68.2 Å². The third-order valence-corrected chi connectivity index (χ3v) is 7.32. The van der Waals surface area contributed by atoms with Gasteiger partial charge in [0.05, 0.1) is 5.39 Å². The molecule has 1 fully saturated rings. The van der Waals surface area contributed by atoms with Crippen LogP contribution >= 0.6 is 11.3 Å². The summed E-state index contributed by atoms with van der Waals surface area (Å²) in [6.07, 6.45) is 4.40. The maximum absolute atomic E-state index is 13.0. The lowest BCUT2D eigenvalue weighted by Crippen LogP contribution is -2.48. The molecule has 0 saturated carbocycles. The number of nitrogens with zero attached hydrogens (tertiary/aromatic N) is 4. The first-order chi connectivity index (χ1) is 13.7. The Hall–Kier alpha value is -2.18. The van der Waals surface area contributed by atoms with Crippen molar-refractivity contribution in [2.45, 2.75) is 25.7 Å². The number of aromatic nitrogens is 2. The lowest BCUT2D eigenvalue weighted by Gasteiger charge is -2.35. The van der Waals surface area contributed by atoms with Crippen molar-refractivity contribution in [3.63, 3.8) is 0 Å². The van der Waals surface area contributed by atoms with Gasteiger partial charge in [-0.05, 0) is 36.8 Å². The summed E-state index contributed by atoms with van der Waals surface area (Å²) < 4.78 is 1.77. The zero-order chi connectivity index (χ0) is 19.1. The third kappa shape index (κ3) is 3.14. The van der Waals surface area contributed by atoms with Gasteiger partial charge in [-0.3, -0.25) is 14.3 Å². The molecule has 0 N–H and O–H groups in total. The van der Waals surface area contributed by atoms with Crippen molar-refractivity contribution in [3.8, 4) is 0 Å². The fourth-order valence-electron chi connectivity index (χ4n) is 4.50. The summed E-state index contributed by atoms with van der Waals surface area (Å²) in [5, 5.41) is 0.880. The largest absolute Gasteiger partial charge is 0.340 e. The Morgan fingerprint density at radius 3 is 2.64 bits per heavy atom. The van der Waals surface area contributed by atoms with Gasteiger partial charge in [-0.25, -0.2) is 4.98 Å². The van der Waals surface area contributed by atoms with E-state index in [1.54, 1.807) is 15.9 Å². The van der Waals surface area contributed by atoms with Crippen LogP contribution in [0.15, 0.2) is 35.1 Å². The van der Waals surface area contributed by atoms with Crippen molar-refractivity contribution in [1.82, 2.24) is 14.5 Å². The number of benzene rings is 1. The molecule has 0 spiro atoms. The molecular formula is C22H26N4OS. The van der Waals surface area contributed by atoms with Crippen LogP contribution in [0.2, 0.25) is 0 Å². The second-order valence-electron chi connectivity index (χ2n) is 7.88. The molecule has 2 aliphatic rings. The molecule has 1 aromatic carbocycles. The Morgan fingerprint density at radius 2 is 1.86 bits per heavy atom. The molecule has 1 aliphatic carbocycles. The summed E-state index contributed by atoms with van der Waals surface area (Å²) in [5.41, 5.74) is 2.79. The van der Waals surface area contributed by atoms with Gasteiger partial charge in [0.2, 0.25) is 5.95 Å². The van der Waals surface area contributed by atoms with Crippen molar-refractivity contribution < 1.29 is 0 Å². The van der Waals surface area contributed by atoms with E-state index in [2.05, 4.69) is 40.1 Å². The van der Waals surface area contributed by atoms with Gasteiger partial charge in [0.15, 0.2) is 0 Å². The van der Waals surface area contributed by atoms with Gasteiger partial charge in [-0.15, -0.1) is 11.3 Å². The molecule has 0 bridgehead atoms. The molecule has 5 nitrogen and oxygen atoms in total. The predicted molar refractivity (Wildman–Crippen MR) is 116 cm³/mol. The Labute approximate surface area is 169 Å². The molecule has 1 aliphatic heterocycles. The van der Waals surface area contributed by atoms with E-state index in [1.807, 2.05) is 7.05 Å². The molecule has 146 valence electrons. The van der Waals surface area contributed by atoms with Crippen LogP contribution in [-0.4, -0.2) is 47.2 Å². The average Bonchev–Trinajstić information content (AvgIpc) is 3.31. The Balaban J connectivity index is 1.30. The van der Waals surface area contributed by atoms with Crippen LogP contribution in [0.3, 0.4) is 0 Å². The minimum absolute atomic E-state index is 0.130. The quantitative estimate of drug-likeness (QED) is 0.682. The van der Waals surface area contributed by atoms with E-state index in [9.17, 15) is 4.79 Å². The summed E-state index contributed by atoms with van der Waals surface area (Å²) in [7, 11) is 1.88. The number of aryl methyl sites for hydroxylation is 2. The smallest absolute Gasteiger partial charge is 0.263 e. The topological polar surface area (TPSA) is 41.4 Å². The van der Waals surface area contributed by atoms with E-state index in [0.29, 0.717) is 0 Å². The summed E-state index contributed by atoms with van der Waals surface area (Å²) in [5.74, 6) is 0.833. The molecule has 0 radical (unpaired) electrons. The zero-order valence-electron chi connectivity index (χ0n) is 16.4. The minimum Gasteiger partial charge on any atom is -0.340 e. The monoisotopic (exact) mass is 394 g/mol. The van der Waals surface area contributed by atoms with Crippen molar-refractivity contribution in [2.24, 2.45) is 7.05 Å². The van der Waals surface area contributed by atoms with Gasteiger partial charge >= 0.3 is 0 Å². The van der Waals surface area contributed by atoms with Crippen LogP contribution in [0.5, 0.6) is 0 Å². The van der Waals surface area contributed by atoms with Gasteiger partial charge in [0.25, 0.3) is 5.56 Å². The number of fused-ring (bicyclic) bond motifs is 3. The molecular weight excluding hydrogens is 368 g/mol. The van der Waals surface area contributed by atoms with Crippen LogP contribution < -0.4 is 10.5 Å². The molecule has 0 unspecified atom stereocenters. The summed E-state index contributed by atoms with van der Waals surface area (Å²) in [4.78, 5) is 25.1. The second kappa shape index (κ2) is 7.33. The van der Waals surface area contributed by atoms with Crippen LogP contribution in [-0.2, 0) is 26.3 Å². The normalized spacial score (nSPS) is 17.4. The maximum atomic E-state index is 13.0. The van der Waals surface area contributed by atoms with E-state index < -0.39 is 0 Å². The second-order valence-corrected chi connectivity index (χ2v) is 8.96.